The van der Waals surface area contributed by atoms with Crippen LogP contribution in [0.1, 0.15) is 36.3 Å². The zero-order valence-corrected chi connectivity index (χ0v) is 14.0. The quantitative estimate of drug-likeness (QED) is 0.814. The molecule has 26 heavy (non-hydrogen) atoms. The van der Waals surface area contributed by atoms with Crippen LogP contribution in [0.3, 0.4) is 0 Å². The Labute approximate surface area is 146 Å². The molecule has 1 amide bonds. The van der Waals surface area contributed by atoms with E-state index in [1.54, 1.807) is 13.8 Å². The molecular formula is C16H17F3N4O3. The van der Waals surface area contributed by atoms with Gasteiger partial charge in [-0.15, -0.1) is 5.10 Å². The molecule has 2 N–H and O–H groups in total. The zero-order chi connectivity index (χ0) is 19.5. The largest absolute Gasteiger partial charge is 0.480 e. The molecule has 0 radical (unpaired) electrons. The number of carbonyl (C=O) groups is 2. The molecule has 10 heteroatoms. The number of alkyl halides is 3. The van der Waals surface area contributed by atoms with E-state index in [1.165, 1.54) is 18.2 Å². The molecule has 0 saturated carbocycles. The van der Waals surface area contributed by atoms with Gasteiger partial charge in [-0.1, -0.05) is 37.6 Å². The first-order valence-electron chi connectivity index (χ1n) is 7.77. The maximum absolute atomic E-state index is 13.1. The first kappa shape index (κ1) is 19.4. The normalized spacial score (nSPS) is 13.9. The highest BCUT2D eigenvalue weighted by molar-refractivity contribution is 5.94. The number of benzene rings is 1. The minimum absolute atomic E-state index is 0.281. The van der Waals surface area contributed by atoms with Gasteiger partial charge >= 0.3 is 12.1 Å². The molecule has 1 aromatic heterocycles. The molecule has 7 nitrogen and oxygen atoms in total. The van der Waals surface area contributed by atoms with E-state index in [9.17, 15) is 27.9 Å². The van der Waals surface area contributed by atoms with Crippen LogP contribution >= 0.6 is 0 Å². The van der Waals surface area contributed by atoms with Gasteiger partial charge in [-0.25, -0.2) is 9.48 Å². The van der Waals surface area contributed by atoms with E-state index in [1.807, 2.05) is 0 Å². The molecule has 0 aliphatic carbocycles. The van der Waals surface area contributed by atoms with Crippen molar-refractivity contribution in [3.8, 4) is 5.69 Å². The monoisotopic (exact) mass is 370 g/mol. The van der Waals surface area contributed by atoms with Crippen molar-refractivity contribution in [2.75, 3.05) is 0 Å². The molecule has 2 atom stereocenters. The van der Waals surface area contributed by atoms with Gasteiger partial charge in [0.05, 0.1) is 17.4 Å². The van der Waals surface area contributed by atoms with Gasteiger partial charge in [-0.05, 0) is 18.1 Å². The number of halogens is 3. The van der Waals surface area contributed by atoms with Gasteiger partial charge in [-0.3, -0.25) is 4.79 Å². The van der Waals surface area contributed by atoms with Crippen molar-refractivity contribution in [1.29, 1.82) is 0 Å². The van der Waals surface area contributed by atoms with E-state index in [2.05, 4.69) is 15.6 Å². The second-order valence-corrected chi connectivity index (χ2v) is 5.74. The van der Waals surface area contributed by atoms with Crippen molar-refractivity contribution in [3.63, 3.8) is 0 Å². The number of hydrogen-bond acceptors (Lipinski definition) is 4. The standard InChI is InChI=1S/C16H17F3N4O3/c1-3-9(2)13(15(25)26)20-14(24)11-8-23(22-21-11)12-7-5-4-6-10(12)16(17,18)19/h4-9,13H,3H2,1-2H3,(H,20,24)(H,25,26)/t9-,13-/m0/s1. The number of amides is 1. The molecule has 0 spiro atoms. The second-order valence-electron chi connectivity index (χ2n) is 5.74. The summed E-state index contributed by atoms with van der Waals surface area (Å²) in [6.45, 7) is 3.44. The van der Waals surface area contributed by atoms with Gasteiger partial charge in [0.25, 0.3) is 5.91 Å². The highest BCUT2D eigenvalue weighted by atomic mass is 19.4. The lowest BCUT2D eigenvalue weighted by molar-refractivity contribution is -0.140. The Morgan fingerprint density at radius 1 is 1.31 bits per heavy atom. The number of carbonyl (C=O) groups excluding carboxylic acids is 1. The summed E-state index contributed by atoms with van der Waals surface area (Å²) in [5.74, 6) is -2.37. The number of para-hydroxylation sites is 1. The van der Waals surface area contributed by atoms with Gasteiger partial charge in [-0.2, -0.15) is 13.2 Å². The molecular weight excluding hydrogens is 353 g/mol. The molecule has 140 valence electrons. The maximum Gasteiger partial charge on any atom is 0.418 e. The lowest BCUT2D eigenvalue weighted by Gasteiger charge is -2.19. The predicted octanol–water partition coefficient (Wildman–Crippen LogP) is 2.52. The van der Waals surface area contributed by atoms with Crippen LogP contribution in [0.15, 0.2) is 30.5 Å². The van der Waals surface area contributed by atoms with Crippen molar-refractivity contribution < 1.29 is 27.9 Å². The Morgan fingerprint density at radius 3 is 2.54 bits per heavy atom. The molecule has 0 saturated heterocycles. The molecule has 1 aromatic carbocycles. The van der Waals surface area contributed by atoms with Crippen molar-refractivity contribution >= 4 is 11.9 Å². The van der Waals surface area contributed by atoms with E-state index in [-0.39, 0.29) is 17.3 Å². The Morgan fingerprint density at radius 2 is 1.96 bits per heavy atom. The highest BCUT2D eigenvalue weighted by Crippen LogP contribution is 2.33. The summed E-state index contributed by atoms with van der Waals surface area (Å²) in [6.07, 6.45) is -3.06. The number of nitrogens with one attached hydrogen (secondary N) is 1. The maximum atomic E-state index is 13.1. The van der Waals surface area contributed by atoms with Crippen LogP contribution in [0.4, 0.5) is 13.2 Å². The lowest BCUT2D eigenvalue weighted by Crippen LogP contribution is -2.45. The number of aliphatic carboxylic acids is 1. The molecule has 0 aliphatic heterocycles. The van der Waals surface area contributed by atoms with Crippen LogP contribution in [0, 0.1) is 5.92 Å². The van der Waals surface area contributed by atoms with Gasteiger partial charge < -0.3 is 10.4 Å². The number of carboxylic acids is 1. The molecule has 2 rings (SSSR count). The topological polar surface area (TPSA) is 97.1 Å². The van der Waals surface area contributed by atoms with Crippen molar-refractivity contribution in [3.05, 3.63) is 41.7 Å². The van der Waals surface area contributed by atoms with Gasteiger partial charge in [0.1, 0.15) is 6.04 Å². The smallest absolute Gasteiger partial charge is 0.418 e. The van der Waals surface area contributed by atoms with Crippen molar-refractivity contribution in [2.45, 2.75) is 32.5 Å². The van der Waals surface area contributed by atoms with Crippen LogP contribution in [-0.2, 0) is 11.0 Å². The minimum atomic E-state index is -4.60. The Hall–Kier alpha value is -2.91. The van der Waals surface area contributed by atoms with Crippen LogP contribution in [0.25, 0.3) is 5.69 Å². The van der Waals surface area contributed by atoms with Gasteiger partial charge in [0.15, 0.2) is 5.69 Å². The summed E-state index contributed by atoms with van der Waals surface area (Å²) >= 11 is 0. The average Bonchev–Trinajstić information content (AvgIpc) is 3.08. The highest BCUT2D eigenvalue weighted by Gasteiger charge is 2.34. The van der Waals surface area contributed by atoms with E-state index < -0.39 is 29.7 Å². The second kappa shape index (κ2) is 7.54. The molecule has 0 fully saturated rings. The Kier molecular flexibility index (Phi) is 5.63. The predicted molar refractivity (Wildman–Crippen MR) is 84.7 cm³/mol. The fourth-order valence-corrected chi connectivity index (χ4v) is 2.30. The van der Waals surface area contributed by atoms with Crippen LogP contribution in [0.5, 0.6) is 0 Å². The molecule has 0 aliphatic rings. The summed E-state index contributed by atoms with van der Waals surface area (Å²) in [5.41, 5.74) is -1.50. The van der Waals surface area contributed by atoms with Gasteiger partial charge in [0, 0.05) is 0 Å². The Bertz CT molecular complexity index is 804. The first-order chi connectivity index (χ1) is 12.1. The molecule has 2 aromatic rings. The van der Waals surface area contributed by atoms with Crippen molar-refractivity contribution in [2.24, 2.45) is 5.92 Å². The fourth-order valence-electron chi connectivity index (χ4n) is 2.30. The summed E-state index contributed by atoms with van der Waals surface area (Å²) in [5, 5.41) is 18.6. The SMILES string of the molecule is CC[C@H](C)[C@H](NC(=O)c1cn(-c2ccccc2C(F)(F)F)nn1)C(=O)O. The number of aromatic nitrogens is 3. The Balaban J connectivity index is 2.28. The van der Waals surface area contributed by atoms with E-state index in [0.717, 1.165) is 16.9 Å². The number of rotatable bonds is 6. The van der Waals surface area contributed by atoms with Crippen molar-refractivity contribution in [1.82, 2.24) is 20.3 Å². The third kappa shape index (κ3) is 4.19. The van der Waals surface area contributed by atoms with E-state index in [4.69, 9.17) is 0 Å². The molecule has 0 unspecified atom stereocenters. The van der Waals surface area contributed by atoms with Crippen LogP contribution in [0.2, 0.25) is 0 Å². The fraction of sp³-hybridized carbons (Fsp3) is 0.375. The minimum Gasteiger partial charge on any atom is -0.480 e. The number of nitrogens with zero attached hydrogens (tertiary/aromatic N) is 3. The summed E-state index contributed by atoms with van der Waals surface area (Å²) in [6, 6.07) is 3.58. The molecule has 1 heterocycles. The van der Waals surface area contributed by atoms with Crippen LogP contribution < -0.4 is 5.32 Å². The lowest BCUT2D eigenvalue weighted by atomic mass is 9.99. The van der Waals surface area contributed by atoms with Crippen LogP contribution in [-0.4, -0.2) is 38.0 Å². The third-order valence-corrected chi connectivity index (χ3v) is 3.95. The third-order valence-electron chi connectivity index (χ3n) is 3.95. The zero-order valence-electron chi connectivity index (χ0n) is 14.0. The number of carboxylic acid groups (broad SMARTS) is 1. The summed E-state index contributed by atoms with van der Waals surface area (Å²) in [7, 11) is 0. The summed E-state index contributed by atoms with van der Waals surface area (Å²) < 4.78 is 40.1. The number of hydrogen-bond donors (Lipinski definition) is 2. The van der Waals surface area contributed by atoms with Gasteiger partial charge in [0.2, 0.25) is 0 Å². The molecule has 0 bridgehead atoms. The first-order valence-corrected chi connectivity index (χ1v) is 7.77. The van der Waals surface area contributed by atoms with E-state index >= 15 is 0 Å². The summed E-state index contributed by atoms with van der Waals surface area (Å²) in [4.78, 5) is 23.5. The van der Waals surface area contributed by atoms with E-state index in [0.29, 0.717) is 6.42 Å². The average molecular weight is 370 g/mol.